The highest BCUT2D eigenvalue weighted by Crippen LogP contribution is 2.39. The average Bonchev–Trinajstić information content (AvgIpc) is 2.63. The molecule has 1 saturated heterocycles. The standard InChI is InChI=1S/C16H15ClN4O4S/c17-11-1-3-12(4-2-11)26-15-13(21(24)25)14(18-9-19-15)20-7-5-10(6-8-20)16(22)23/h1-4,9-10H,5-8H2,(H,22,23). The number of carboxylic acids is 1. The van der Waals surface area contributed by atoms with Gasteiger partial charge in [0, 0.05) is 23.0 Å². The molecule has 10 heteroatoms. The fourth-order valence-electron chi connectivity index (χ4n) is 2.77. The number of hydrogen-bond donors (Lipinski definition) is 1. The molecule has 8 nitrogen and oxygen atoms in total. The van der Waals surface area contributed by atoms with Gasteiger partial charge in [0.15, 0.2) is 5.03 Å². The second-order valence-corrected chi connectivity index (χ2v) is 7.26. The normalized spacial score (nSPS) is 15.0. The third kappa shape index (κ3) is 4.05. The van der Waals surface area contributed by atoms with Gasteiger partial charge >= 0.3 is 11.7 Å². The molecule has 26 heavy (non-hydrogen) atoms. The molecule has 2 heterocycles. The van der Waals surface area contributed by atoms with E-state index >= 15 is 0 Å². The third-order valence-corrected chi connectivity index (χ3v) is 5.38. The van der Waals surface area contributed by atoms with Crippen molar-refractivity contribution >= 4 is 40.8 Å². The Morgan fingerprint density at radius 2 is 1.92 bits per heavy atom. The van der Waals surface area contributed by atoms with E-state index in [9.17, 15) is 14.9 Å². The Labute approximate surface area is 158 Å². The minimum atomic E-state index is -0.833. The van der Waals surface area contributed by atoms with Crippen LogP contribution in [-0.2, 0) is 4.79 Å². The minimum Gasteiger partial charge on any atom is -0.481 e. The summed E-state index contributed by atoms with van der Waals surface area (Å²) in [5.41, 5.74) is -0.166. The largest absolute Gasteiger partial charge is 0.481 e. The van der Waals surface area contributed by atoms with Crippen molar-refractivity contribution in [3.05, 3.63) is 45.7 Å². The van der Waals surface area contributed by atoms with Gasteiger partial charge in [-0.3, -0.25) is 14.9 Å². The fourth-order valence-corrected chi connectivity index (χ4v) is 3.76. The van der Waals surface area contributed by atoms with Crippen LogP contribution in [0.5, 0.6) is 0 Å². The Morgan fingerprint density at radius 1 is 1.27 bits per heavy atom. The predicted octanol–water partition coefficient (Wildman–Crippen LogP) is 3.49. The van der Waals surface area contributed by atoms with E-state index in [1.165, 1.54) is 6.33 Å². The van der Waals surface area contributed by atoms with Crippen molar-refractivity contribution < 1.29 is 14.8 Å². The Hall–Kier alpha value is -2.39. The van der Waals surface area contributed by atoms with Gasteiger partial charge in [-0.25, -0.2) is 9.97 Å². The van der Waals surface area contributed by atoms with Crippen LogP contribution in [0.25, 0.3) is 0 Å². The molecule has 1 N–H and O–H groups in total. The summed E-state index contributed by atoms with van der Waals surface area (Å²) in [6.07, 6.45) is 2.15. The van der Waals surface area contributed by atoms with Gasteiger partial charge in [-0.2, -0.15) is 0 Å². The Morgan fingerprint density at radius 3 is 2.50 bits per heavy atom. The maximum atomic E-state index is 11.7. The second kappa shape index (κ2) is 7.88. The second-order valence-electron chi connectivity index (χ2n) is 5.76. The molecule has 3 rings (SSSR count). The van der Waals surface area contributed by atoms with Crippen LogP contribution in [-0.4, -0.2) is 39.1 Å². The molecule has 1 aromatic heterocycles. The van der Waals surface area contributed by atoms with Gasteiger partial charge in [0.25, 0.3) is 0 Å². The molecule has 1 aromatic carbocycles. The van der Waals surface area contributed by atoms with Crippen LogP contribution in [0, 0.1) is 16.0 Å². The number of benzene rings is 1. The summed E-state index contributed by atoms with van der Waals surface area (Å²) in [5.74, 6) is -1.03. The summed E-state index contributed by atoms with van der Waals surface area (Å²) in [4.78, 5) is 33.0. The van der Waals surface area contributed by atoms with E-state index in [2.05, 4.69) is 9.97 Å². The average molecular weight is 395 g/mol. The van der Waals surface area contributed by atoms with E-state index in [0.717, 1.165) is 16.7 Å². The van der Waals surface area contributed by atoms with E-state index in [4.69, 9.17) is 16.7 Å². The summed E-state index contributed by atoms with van der Waals surface area (Å²) < 4.78 is 0. The van der Waals surface area contributed by atoms with E-state index in [-0.39, 0.29) is 16.5 Å². The van der Waals surface area contributed by atoms with Crippen molar-refractivity contribution in [1.29, 1.82) is 0 Å². The lowest BCUT2D eigenvalue weighted by molar-refractivity contribution is -0.387. The first-order valence-corrected chi connectivity index (χ1v) is 9.05. The highest BCUT2D eigenvalue weighted by molar-refractivity contribution is 7.99. The predicted molar refractivity (Wildman–Crippen MR) is 96.8 cm³/mol. The van der Waals surface area contributed by atoms with Crippen molar-refractivity contribution in [2.45, 2.75) is 22.8 Å². The SMILES string of the molecule is O=C(O)C1CCN(c2ncnc(Sc3ccc(Cl)cc3)c2[N+](=O)[O-])CC1. The highest BCUT2D eigenvalue weighted by Gasteiger charge is 2.31. The number of aromatic nitrogens is 2. The third-order valence-electron chi connectivity index (χ3n) is 4.12. The van der Waals surface area contributed by atoms with Gasteiger partial charge in [-0.05, 0) is 37.1 Å². The number of anilines is 1. The van der Waals surface area contributed by atoms with Crippen molar-refractivity contribution in [2.24, 2.45) is 5.92 Å². The summed E-state index contributed by atoms with van der Waals surface area (Å²) >= 11 is 7.03. The van der Waals surface area contributed by atoms with E-state index in [0.29, 0.717) is 31.0 Å². The zero-order valence-electron chi connectivity index (χ0n) is 13.5. The van der Waals surface area contributed by atoms with Crippen molar-refractivity contribution in [3.8, 4) is 0 Å². The molecule has 1 aliphatic heterocycles. The molecule has 136 valence electrons. The molecule has 0 spiro atoms. The summed E-state index contributed by atoms with van der Waals surface area (Å²) in [7, 11) is 0. The molecular weight excluding hydrogens is 380 g/mol. The lowest BCUT2D eigenvalue weighted by Gasteiger charge is -2.30. The number of aliphatic carboxylic acids is 1. The van der Waals surface area contributed by atoms with E-state index in [1.54, 1.807) is 29.2 Å². The summed E-state index contributed by atoms with van der Waals surface area (Å²) in [6.45, 7) is 0.805. The van der Waals surface area contributed by atoms with Gasteiger partial charge in [-0.1, -0.05) is 23.4 Å². The van der Waals surface area contributed by atoms with E-state index in [1.807, 2.05) is 0 Å². The molecule has 0 amide bonds. The molecule has 1 fully saturated rings. The number of nitrogens with zero attached hydrogens (tertiary/aromatic N) is 4. The zero-order chi connectivity index (χ0) is 18.7. The molecule has 0 bridgehead atoms. The van der Waals surface area contributed by atoms with Crippen LogP contribution in [0.3, 0.4) is 0 Å². The Balaban J connectivity index is 1.88. The lowest BCUT2D eigenvalue weighted by Crippen LogP contribution is -2.37. The minimum absolute atomic E-state index is 0.166. The van der Waals surface area contributed by atoms with Gasteiger partial charge < -0.3 is 10.0 Å². The van der Waals surface area contributed by atoms with Crippen LogP contribution in [0.2, 0.25) is 5.02 Å². The number of piperidine rings is 1. The Bertz CT molecular complexity index is 825. The van der Waals surface area contributed by atoms with Crippen LogP contribution >= 0.6 is 23.4 Å². The molecular formula is C16H15ClN4O4S. The quantitative estimate of drug-likeness (QED) is 0.466. The summed E-state index contributed by atoms with van der Waals surface area (Å²) in [5, 5.41) is 21.6. The molecule has 0 atom stereocenters. The van der Waals surface area contributed by atoms with E-state index < -0.39 is 16.8 Å². The van der Waals surface area contributed by atoms with Crippen LogP contribution < -0.4 is 4.90 Å². The van der Waals surface area contributed by atoms with Gasteiger partial charge in [0.05, 0.1) is 10.8 Å². The number of carboxylic acid groups (broad SMARTS) is 1. The van der Waals surface area contributed by atoms with Crippen LogP contribution in [0.1, 0.15) is 12.8 Å². The zero-order valence-corrected chi connectivity index (χ0v) is 15.1. The molecule has 0 saturated carbocycles. The highest BCUT2D eigenvalue weighted by atomic mass is 35.5. The van der Waals surface area contributed by atoms with Gasteiger partial charge in [0.2, 0.25) is 5.82 Å². The Kier molecular flexibility index (Phi) is 5.58. The number of nitro groups is 1. The number of hydrogen-bond acceptors (Lipinski definition) is 7. The fraction of sp³-hybridized carbons (Fsp3) is 0.312. The van der Waals surface area contributed by atoms with Gasteiger partial charge in [-0.15, -0.1) is 0 Å². The maximum absolute atomic E-state index is 11.7. The molecule has 2 aromatic rings. The van der Waals surface area contributed by atoms with Crippen molar-refractivity contribution in [2.75, 3.05) is 18.0 Å². The molecule has 0 unspecified atom stereocenters. The van der Waals surface area contributed by atoms with Crippen molar-refractivity contribution in [3.63, 3.8) is 0 Å². The first kappa shape index (κ1) is 18.4. The topological polar surface area (TPSA) is 109 Å². The van der Waals surface area contributed by atoms with Gasteiger partial charge in [0.1, 0.15) is 6.33 Å². The summed E-state index contributed by atoms with van der Waals surface area (Å²) in [6, 6.07) is 6.93. The monoisotopic (exact) mass is 394 g/mol. The first-order valence-electron chi connectivity index (χ1n) is 7.86. The number of rotatable bonds is 5. The molecule has 1 aliphatic rings. The first-order chi connectivity index (χ1) is 12.5. The smallest absolute Gasteiger partial charge is 0.343 e. The maximum Gasteiger partial charge on any atom is 0.343 e. The van der Waals surface area contributed by atoms with Crippen LogP contribution in [0.4, 0.5) is 11.5 Å². The lowest BCUT2D eigenvalue weighted by atomic mass is 9.97. The van der Waals surface area contributed by atoms with Crippen molar-refractivity contribution in [1.82, 2.24) is 9.97 Å². The molecule has 0 aliphatic carbocycles. The number of halogens is 1. The number of carbonyl (C=O) groups is 1. The van der Waals surface area contributed by atoms with Crippen LogP contribution in [0.15, 0.2) is 40.5 Å². The molecule has 0 radical (unpaired) electrons.